The van der Waals surface area contributed by atoms with Crippen molar-refractivity contribution >= 4 is 28.4 Å². The molecule has 2 atom stereocenters. The van der Waals surface area contributed by atoms with Crippen LogP contribution in [0.3, 0.4) is 0 Å². The van der Waals surface area contributed by atoms with Crippen LogP contribution in [0.1, 0.15) is 68.8 Å². The van der Waals surface area contributed by atoms with Crippen molar-refractivity contribution in [1.82, 2.24) is 14.5 Å². The first-order valence-corrected chi connectivity index (χ1v) is 13.3. The normalized spacial score (nSPS) is 19.6. The summed E-state index contributed by atoms with van der Waals surface area (Å²) in [5.41, 5.74) is 1.06. The zero-order valence-electron chi connectivity index (χ0n) is 21.4. The Balaban J connectivity index is 1.41. The fourth-order valence-corrected chi connectivity index (χ4v) is 5.37. The lowest BCUT2D eigenvalue weighted by atomic mass is 9.83. The summed E-state index contributed by atoms with van der Waals surface area (Å²) in [5, 5.41) is 6.46. The molecule has 2 aliphatic carbocycles. The third kappa shape index (κ3) is 5.24. The molecule has 8 heteroatoms. The van der Waals surface area contributed by atoms with E-state index in [4.69, 9.17) is 0 Å². The Morgan fingerprint density at radius 2 is 1.70 bits per heavy atom. The Hall–Kier alpha value is -3.68. The lowest BCUT2D eigenvalue weighted by Gasteiger charge is -2.31. The van der Waals surface area contributed by atoms with Crippen molar-refractivity contribution < 1.29 is 9.59 Å². The fraction of sp³-hybridized carbons (Fsp3) is 0.448. The molecular weight excluding hydrogens is 468 g/mol. The Bertz CT molecular complexity index is 1440. The van der Waals surface area contributed by atoms with Gasteiger partial charge in [-0.05, 0) is 75.8 Å². The SMILES string of the molecule is CC(C)n1c(=O)n(CC2CC2)c(=O)c2cc(NC(=O)[C@H]3CCCC[C@H]3NC(=O)c3ccccc3)ccc21. The molecule has 0 saturated heterocycles. The summed E-state index contributed by atoms with van der Waals surface area (Å²) in [5.74, 6) is -0.347. The van der Waals surface area contributed by atoms with Crippen LogP contribution in [0.2, 0.25) is 0 Å². The highest BCUT2D eigenvalue weighted by molar-refractivity contribution is 5.97. The van der Waals surface area contributed by atoms with E-state index in [1.165, 1.54) is 4.57 Å². The predicted octanol–water partition coefficient (Wildman–Crippen LogP) is 4.08. The second-order valence-corrected chi connectivity index (χ2v) is 10.7. The minimum absolute atomic E-state index is 0.113. The molecule has 1 heterocycles. The number of benzene rings is 2. The number of hydrogen-bond acceptors (Lipinski definition) is 4. The number of anilines is 1. The van der Waals surface area contributed by atoms with Gasteiger partial charge < -0.3 is 10.6 Å². The number of amides is 2. The molecule has 0 aliphatic heterocycles. The van der Waals surface area contributed by atoms with Gasteiger partial charge in [-0.15, -0.1) is 0 Å². The van der Waals surface area contributed by atoms with E-state index in [2.05, 4.69) is 10.6 Å². The second-order valence-electron chi connectivity index (χ2n) is 10.7. The van der Waals surface area contributed by atoms with Crippen LogP contribution in [0, 0.1) is 11.8 Å². The molecule has 37 heavy (non-hydrogen) atoms. The molecular formula is C29H34N4O4. The Morgan fingerprint density at radius 3 is 2.41 bits per heavy atom. The Kier molecular flexibility index (Phi) is 7.00. The van der Waals surface area contributed by atoms with Crippen LogP contribution in [0.5, 0.6) is 0 Å². The Labute approximate surface area is 215 Å². The molecule has 0 radical (unpaired) electrons. The van der Waals surface area contributed by atoms with Crippen LogP contribution in [-0.2, 0) is 11.3 Å². The minimum atomic E-state index is -0.367. The molecule has 0 bridgehead atoms. The highest BCUT2D eigenvalue weighted by Crippen LogP contribution is 2.30. The van der Waals surface area contributed by atoms with Gasteiger partial charge in [0.25, 0.3) is 11.5 Å². The molecule has 2 N–H and O–H groups in total. The van der Waals surface area contributed by atoms with E-state index < -0.39 is 0 Å². The molecule has 0 unspecified atom stereocenters. The van der Waals surface area contributed by atoms with E-state index in [1.807, 2.05) is 32.0 Å². The van der Waals surface area contributed by atoms with Crippen molar-refractivity contribution in [3.05, 3.63) is 74.9 Å². The van der Waals surface area contributed by atoms with Crippen LogP contribution >= 0.6 is 0 Å². The predicted molar refractivity (Wildman–Crippen MR) is 144 cm³/mol. The highest BCUT2D eigenvalue weighted by Gasteiger charge is 2.32. The van der Waals surface area contributed by atoms with E-state index in [1.54, 1.807) is 34.9 Å². The molecule has 5 rings (SSSR count). The highest BCUT2D eigenvalue weighted by atomic mass is 16.2. The summed E-state index contributed by atoms with van der Waals surface area (Å²) in [6.07, 6.45) is 5.35. The molecule has 2 aliphatic rings. The molecule has 2 saturated carbocycles. The van der Waals surface area contributed by atoms with Crippen LogP contribution in [0.25, 0.3) is 10.9 Å². The van der Waals surface area contributed by atoms with Crippen molar-refractivity contribution in [3.63, 3.8) is 0 Å². The first-order valence-electron chi connectivity index (χ1n) is 13.3. The number of fused-ring (bicyclic) bond motifs is 1. The van der Waals surface area contributed by atoms with Crippen molar-refractivity contribution in [3.8, 4) is 0 Å². The summed E-state index contributed by atoms with van der Waals surface area (Å²) in [7, 11) is 0. The fourth-order valence-electron chi connectivity index (χ4n) is 5.37. The molecule has 0 spiro atoms. The maximum atomic E-state index is 13.4. The van der Waals surface area contributed by atoms with Gasteiger partial charge in [0.05, 0.1) is 16.8 Å². The first kappa shape index (κ1) is 25.0. The topological polar surface area (TPSA) is 102 Å². The summed E-state index contributed by atoms with van der Waals surface area (Å²) in [6, 6.07) is 13.8. The quantitative estimate of drug-likeness (QED) is 0.508. The van der Waals surface area contributed by atoms with E-state index in [-0.39, 0.29) is 41.1 Å². The number of rotatable bonds is 7. The molecule has 2 fully saturated rings. The van der Waals surface area contributed by atoms with Crippen LogP contribution in [0.15, 0.2) is 58.1 Å². The lowest BCUT2D eigenvalue weighted by Crippen LogP contribution is -2.46. The third-order valence-corrected chi connectivity index (χ3v) is 7.55. The lowest BCUT2D eigenvalue weighted by molar-refractivity contribution is -0.121. The average molecular weight is 503 g/mol. The van der Waals surface area contributed by atoms with Crippen molar-refractivity contribution in [2.24, 2.45) is 11.8 Å². The minimum Gasteiger partial charge on any atom is -0.349 e. The van der Waals surface area contributed by atoms with E-state index >= 15 is 0 Å². The summed E-state index contributed by atoms with van der Waals surface area (Å²) >= 11 is 0. The van der Waals surface area contributed by atoms with E-state index in [0.717, 1.165) is 32.1 Å². The number of carbonyl (C=O) groups excluding carboxylic acids is 2. The van der Waals surface area contributed by atoms with Crippen molar-refractivity contribution in [1.29, 1.82) is 0 Å². The number of nitrogens with one attached hydrogen (secondary N) is 2. The van der Waals surface area contributed by atoms with Gasteiger partial charge >= 0.3 is 5.69 Å². The smallest absolute Gasteiger partial charge is 0.331 e. The van der Waals surface area contributed by atoms with Gasteiger partial charge in [-0.3, -0.25) is 23.5 Å². The third-order valence-electron chi connectivity index (χ3n) is 7.55. The second kappa shape index (κ2) is 10.4. The molecule has 3 aromatic rings. The maximum Gasteiger partial charge on any atom is 0.331 e. The van der Waals surface area contributed by atoms with Gasteiger partial charge in [0.15, 0.2) is 0 Å². The summed E-state index contributed by atoms with van der Waals surface area (Å²) in [6.45, 7) is 4.28. The number of aromatic nitrogens is 2. The first-order chi connectivity index (χ1) is 17.8. The number of hydrogen-bond donors (Lipinski definition) is 2. The maximum absolute atomic E-state index is 13.4. The Morgan fingerprint density at radius 1 is 0.973 bits per heavy atom. The van der Waals surface area contributed by atoms with Crippen LogP contribution in [0.4, 0.5) is 5.69 Å². The van der Waals surface area contributed by atoms with Crippen molar-refractivity contribution in [2.75, 3.05) is 5.32 Å². The summed E-state index contributed by atoms with van der Waals surface area (Å²) in [4.78, 5) is 52.6. The van der Waals surface area contributed by atoms with Gasteiger partial charge in [-0.25, -0.2) is 4.79 Å². The molecule has 1 aromatic heterocycles. The number of carbonyl (C=O) groups is 2. The van der Waals surface area contributed by atoms with Crippen molar-refractivity contribution in [2.45, 2.75) is 71.0 Å². The van der Waals surface area contributed by atoms with Gasteiger partial charge in [-0.2, -0.15) is 0 Å². The molecule has 194 valence electrons. The largest absolute Gasteiger partial charge is 0.349 e. The summed E-state index contributed by atoms with van der Waals surface area (Å²) < 4.78 is 3.00. The van der Waals surface area contributed by atoms with Crippen LogP contribution < -0.4 is 21.9 Å². The van der Waals surface area contributed by atoms with Crippen LogP contribution in [-0.4, -0.2) is 27.0 Å². The standard InChI is InChI=1S/C29H34N4O4/c1-18(2)33-25-15-14-21(16-23(25)28(36)32(29(33)37)17-19-12-13-19)30-27(35)22-10-6-7-11-24(22)31-26(34)20-8-4-3-5-9-20/h3-5,8-9,14-16,18-19,22,24H,6-7,10-13,17H2,1-2H3,(H,30,35)(H,31,34)/t22-,24+/m0/s1. The zero-order valence-corrected chi connectivity index (χ0v) is 21.4. The molecule has 8 nitrogen and oxygen atoms in total. The zero-order chi connectivity index (χ0) is 26.1. The molecule has 2 amide bonds. The number of nitrogens with zero attached hydrogens (tertiary/aromatic N) is 2. The monoisotopic (exact) mass is 502 g/mol. The van der Waals surface area contributed by atoms with E-state index in [9.17, 15) is 19.2 Å². The molecule has 2 aromatic carbocycles. The van der Waals surface area contributed by atoms with E-state index in [0.29, 0.717) is 41.0 Å². The van der Waals surface area contributed by atoms with Gasteiger partial charge in [-0.1, -0.05) is 31.0 Å². The van der Waals surface area contributed by atoms with Gasteiger partial charge in [0.2, 0.25) is 5.91 Å². The average Bonchev–Trinajstić information content (AvgIpc) is 3.72. The van der Waals surface area contributed by atoms with Gasteiger partial charge in [0, 0.05) is 29.9 Å². The van der Waals surface area contributed by atoms with Gasteiger partial charge in [0.1, 0.15) is 0 Å².